The Bertz CT molecular complexity index is 1200. The Balaban J connectivity index is 1.76. The molecule has 1 aromatic carbocycles. The molecule has 0 bridgehead atoms. The Hall–Kier alpha value is -3.05. The number of aromatic nitrogens is 4. The lowest BCUT2D eigenvalue weighted by Crippen LogP contribution is -1.95. The van der Waals surface area contributed by atoms with Crippen molar-refractivity contribution in [3.8, 4) is 21.1 Å². The van der Waals surface area contributed by atoms with E-state index >= 15 is 0 Å². The molecule has 4 nitrogen and oxygen atoms in total. The van der Waals surface area contributed by atoms with Gasteiger partial charge in [0.25, 0.3) is 0 Å². The van der Waals surface area contributed by atoms with Gasteiger partial charge < -0.3 is 0 Å². The summed E-state index contributed by atoms with van der Waals surface area (Å²) in [4.78, 5) is 11.3. The number of hydrogen-bond donors (Lipinski definition) is 0. The summed E-state index contributed by atoms with van der Waals surface area (Å²) in [5, 5.41) is 7.08. The molecule has 0 aliphatic carbocycles. The number of fused-ring (bicyclic) bond motifs is 3. The molecule has 5 aromatic rings. The van der Waals surface area contributed by atoms with Crippen molar-refractivity contribution >= 4 is 27.8 Å². The predicted octanol–water partition coefficient (Wildman–Crippen LogP) is 4.98. The van der Waals surface area contributed by atoms with Crippen LogP contribution in [0, 0.1) is 6.92 Å². The van der Waals surface area contributed by atoms with Crippen molar-refractivity contribution in [3.05, 3.63) is 72.7 Å². The molecule has 0 saturated carbocycles. The molecule has 5 heteroatoms. The summed E-state index contributed by atoms with van der Waals surface area (Å²) in [5.41, 5.74) is 3.84. The van der Waals surface area contributed by atoms with E-state index in [0.717, 1.165) is 43.3 Å². The third-order valence-corrected chi connectivity index (χ3v) is 5.31. The van der Waals surface area contributed by atoms with E-state index in [9.17, 15) is 0 Å². The molecule has 4 heterocycles. The largest absolute Gasteiger partial charge is 0.255 e. The molecule has 0 radical (unpaired) electrons. The van der Waals surface area contributed by atoms with E-state index in [0.29, 0.717) is 0 Å². The van der Waals surface area contributed by atoms with Gasteiger partial charge in [-0.3, -0.25) is 4.98 Å². The van der Waals surface area contributed by atoms with E-state index in [-0.39, 0.29) is 0 Å². The molecule has 0 aliphatic rings. The minimum Gasteiger partial charge on any atom is -0.255 e. The van der Waals surface area contributed by atoms with Gasteiger partial charge in [-0.2, -0.15) is 5.10 Å². The first-order chi connectivity index (χ1) is 12.3. The van der Waals surface area contributed by atoms with Crippen LogP contribution in [0.2, 0.25) is 0 Å². The minimum atomic E-state index is 0.901. The fourth-order valence-electron chi connectivity index (χ4n) is 3.08. The summed E-state index contributed by atoms with van der Waals surface area (Å²) in [6, 6.07) is 18.5. The lowest BCUT2D eigenvalue weighted by molar-refractivity contribution is 0.954. The number of aryl methyl sites for hydroxylation is 1. The molecule has 0 fully saturated rings. The van der Waals surface area contributed by atoms with E-state index in [1.54, 1.807) is 11.3 Å². The van der Waals surface area contributed by atoms with Crippen LogP contribution in [0.3, 0.4) is 0 Å². The fourth-order valence-corrected chi connectivity index (χ4v) is 4.07. The second-order valence-corrected chi connectivity index (χ2v) is 7.01. The van der Waals surface area contributed by atoms with E-state index in [2.05, 4.69) is 34.2 Å². The van der Waals surface area contributed by atoms with Crippen LogP contribution in [0.4, 0.5) is 0 Å². The Morgan fingerprint density at radius 2 is 1.68 bits per heavy atom. The van der Waals surface area contributed by atoms with Gasteiger partial charge in [0.05, 0.1) is 27.3 Å². The van der Waals surface area contributed by atoms with Gasteiger partial charge >= 0.3 is 0 Å². The van der Waals surface area contributed by atoms with Gasteiger partial charge in [0.1, 0.15) is 5.69 Å². The summed E-state index contributed by atoms with van der Waals surface area (Å²) in [6.45, 7) is 1.99. The highest BCUT2D eigenvalue weighted by molar-refractivity contribution is 7.18. The number of rotatable bonds is 2. The van der Waals surface area contributed by atoms with Gasteiger partial charge in [0.15, 0.2) is 5.65 Å². The predicted molar refractivity (Wildman–Crippen MR) is 102 cm³/mol. The highest BCUT2D eigenvalue weighted by atomic mass is 32.1. The van der Waals surface area contributed by atoms with E-state index in [1.165, 1.54) is 0 Å². The molecule has 0 atom stereocenters. The van der Waals surface area contributed by atoms with Crippen molar-refractivity contribution in [1.82, 2.24) is 19.6 Å². The van der Waals surface area contributed by atoms with Crippen LogP contribution in [-0.2, 0) is 0 Å². The van der Waals surface area contributed by atoms with Crippen LogP contribution in [-0.4, -0.2) is 19.6 Å². The van der Waals surface area contributed by atoms with Crippen LogP contribution in [0.5, 0.6) is 0 Å². The Morgan fingerprint density at radius 3 is 2.52 bits per heavy atom. The number of pyridine rings is 1. The van der Waals surface area contributed by atoms with E-state index in [4.69, 9.17) is 5.10 Å². The summed E-state index contributed by atoms with van der Waals surface area (Å²) in [7, 11) is 0. The summed E-state index contributed by atoms with van der Waals surface area (Å²) in [6.07, 6.45) is 3.79. The first-order valence-corrected chi connectivity index (χ1v) is 8.87. The fraction of sp³-hybridized carbons (Fsp3) is 0.0500. The topological polar surface area (TPSA) is 43.1 Å². The highest BCUT2D eigenvalue weighted by Gasteiger charge is 2.14. The van der Waals surface area contributed by atoms with Crippen molar-refractivity contribution in [2.45, 2.75) is 6.92 Å². The summed E-state index contributed by atoms with van der Waals surface area (Å²) in [5.74, 6) is 0. The maximum atomic E-state index is 4.85. The van der Waals surface area contributed by atoms with Crippen molar-refractivity contribution in [2.24, 2.45) is 0 Å². The van der Waals surface area contributed by atoms with Crippen LogP contribution < -0.4 is 0 Å². The van der Waals surface area contributed by atoms with Crippen molar-refractivity contribution in [3.63, 3.8) is 0 Å². The normalized spacial score (nSPS) is 11.4. The molecular weight excluding hydrogens is 328 g/mol. The molecule has 0 amide bonds. The number of thiophene rings is 1. The third kappa shape index (κ3) is 2.32. The Labute approximate surface area is 148 Å². The first-order valence-electron chi connectivity index (χ1n) is 8.06. The van der Waals surface area contributed by atoms with Gasteiger partial charge in [0.2, 0.25) is 0 Å². The van der Waals surface area contributed by atoms with Gasteiger partial charge in [0, 0.05) is 17.0 Å². The standard InChI is InChI=1S/C20H14N4S/c1-13-12-24-20(22-13)15-7-3-2-6-14(15)19(23-24)18-10-9-17(25-18)16-8-4-5-11-21-16/h2-12H,1H3. The Morgan fingerprint density at radius 1 is 0.880 bits per heavy atom. The molecule has 5 rings (SSSR count). The molecule has 0 spiro atoms. The van der Waals surface area contributed by atoms with Crippen LogP contribution in [0.1, 0.15) is 5.69 Å². The average molecular weight is 342 g/mol. The molecule has 0 aliphatic heterocycles. The zero-order valence-electron chi connectivity index (χ0n) is 13.5. The third-order valence-electron chi connectivity index (χ3n) is 4.20. The van der Waals surface area contributed by atoms with Gasteiger partial charge in [-0.05, 0) is 31.2 Å². The number of benzene rings is 1. The number of nitrogens with zero attached hydrogens (tertiary/aromatic N) is 4. The minimum absolute atomic E-state index is 0.901. The summed E-state index contributed by atoms with van der Waals surface area (Å²) < 4.78 is 1.88. The van der Waals surface area contributed by atoms with Crippen molar-refractivity contribution < 1.29 is 0 Å². The lowest BCUT2D eigenvalue weighted by Gasteiger charge is -2.05. The average Bonchev–Trinajstić information content (AvgIpc) is 3.28. The quantitative estimate of drug-likeness (QED) is 0.454. The number of imidazole rings is 1. The van der Waals surface area contributed by atoms with Crippen molar-refractivity contribution in [2.75, 3.05) is 0 Å². The second-order valence-electron chi connectivity index (χ2n) is 5.92. The monoisotopic (exact) mass is 342 g/mol. The molecule has 25 heavy (non-hydrogen) atoms. The molecule has 0 unspecified atom stereocenters. The lowest BCUT2D eigenvalue weighted by atomic mass is 10.1. The smallest absolute Gasteiger partial charge is 0.161 e. The number of hydrogen-bond acceptors (Lipinski definition) is 4. The Kier molecular flexibility index (Phi) is 3.15. The first kappa shape index (κ1) is 14.3. The van der Waals surface area contributed by atoms with Crippen LogP contribution in [0.25, 0.3) is 37.6 Å². The van der Waals surface area contributed by atoms with Crippen molar-refractivity contribution in [1.29, 1.82) is 0 Å². The molecule has 0 N–H and O–H groups in total. The van der Waals surface area contributed by atoms with Gasteiger partial charge in [-0.25, -0.2) is 9.50 Å². The van der Waals surface area contributed by atoms with Crippen LogP contribution in [0.15, 0.2) is 67.0 Å². The van der Waals surface area contributed by atoms with Crippen LogP contribution >= 0.6 is 11.3 Å². The SMILES string of the molecule is Cc1cn2nc(-c3ccc(-c4ccccn4)s3)c3ccccc3c2n1. The summed E-state index contributed by atoms with van der Waals surface area (Å²) >= 11 is 1.71. The molecule has 120 valence electrons. The van der Waals surface area contributed by atoms with Gasteiger partial charge in [-0.1, -0.05) is 30.3 Å². The van der Waals surface area contributed by atoms with E-state index in [1.807, 2.05) is 54.2 Å². The second kappa shape index (κ2) is 5.50. The maximum absolute atomic E-state index is 4.85. The van der Waals surface area contributed by atoms with Gasteiger partial charge in [-0.15, -0.1) is 11.3 Å². The molecular formula is C20H14N4S. The highest BCUT2D eigenvalue weighted by Crippen LogP contribution is 2.36. The van der Waals surface area contributed by atoms with E-state index < -0.39 is 0 Å². The zero-order valence-corrected chi connectivity index (χ0v) is 14.4. The zero-order chi connectivity index (χ0) is 16.8. The molecule has 0 saturated heterocycles. The maximum Gasteiger partial charge on any atom is 0.161 e. The molecule has 4 aromatic heterocycles.